The van der Waals surface area contributed by atoms with Crippen LogP contribution in [0.1, 0.15) is 97.3 Å². The first-order valence-electron chi connectivity index (χ1n) is 10.6. The molecule has 0 saturated carbocycles. The molecule has 0 bridgehead atoms. The molecule has 5 nitrogen and oxygen atoms in total. The summed E-state index contributed by atoms with van der Waals surface area (Å²) in [7, 11) is 1.42. The molecule has 2 unspecified atom stereocenters. The first-order valence-corrected chi connectivity index (χ1v) is 10.6. The highest BCUT2D eigenvalue weighted by Crippen LogP contribution is 2.15. The Morgan fingerprint density at radius 3 is 2.30 bits per heavy atom. The van der Waals surface area contributed by atoms with E-state index in [1.54, 1.807) is 6.92 Å². The highest BCUT2D eigenvalue weighted by molar-refractivity contribution is 5.69. The minimum absolute atomic E-state index is 0.130. The fourth-order valence-corrected chi connectivity index (χ4v) is 2.85. The number of carbonyl (C=O) groups excluding carboxylic acids is 2. The quantitative estimate of drug-likeness (QED) is 0.215. The minimum Gasteiger partial charge on any atom is -0.469 e. The second-order valence-corrected chi connectivity index (χ2v) is 7.03. The van der Waals surface area contributed by atoms with Gasteiger partial charge in [0.1, 0.15) is 6.10 Å². The number of esters is 2. The first kappa shape index (κ1) is 25.6. The molecule has 0 aliphatic rings. The van der Waals surface area contributed by atoms with Gasteiger partial charge in [-0.2, -0.15) is 0 Å². The number of unbranched alkanes of at least 4 members (excludes halogenated alkanes) is 7. The standard InChI is InChI=1S/C22H40O5/c1-4-6-13-17-20(27-21(24)5-2)19(23)16-14-11-9-7-8-10-12-15-18-22(25)26-3/h11,14,19-20,23H,4-10,12-13,15-18H2,1-3H3. The molecule has 0 aliphatic carbocycles. The Bertz CT molecular complexity index is 406. The van der Waals surface area contributed by atoms with E-state index >= 15 is 0 Å². The van der Waals surface area contributed by atoms with Gasteiger partial charge >= 0.3 is 11.9 Å². The number of rotatable bonds is 17. The number of ether oxygens (including phenoxy) is 2. The van der Waals surface area contributed by atoms with Gasteiger partial charge in [0.15, 0.2) is 0 Å². The smallest absolute Gasteiger partial charge is 0.305 e. The summed E-state index contributed by atoms with van der Waals surface area (Å²) in [6, 6.07) is 0. The number of aliphatic hydroxyl groups is 1. The molecular weight excluding hydrogens is 344 g/mol. The topological polar surface area (TPSA) is 72.8 Å². The summed E-state index contributed by atoms with van der Waals surface area (Å²) in [4.78, 5) is 22.6. The highest BCUT2D eigenvalue weighted by atomic mass is 16.6. The van der Waals surface area contributed by atoms with Gasteiger partial charge in [-0.3, -0.25) is 9.59 Å². The maximum absolute atomic E-state index is 11.6. The lowest BCUT2D eigenvalue weighted by Gasteiger charge is -2.22. The second kappa shape index (κ2) is 18.0. The molecule has 158 valence electrons. The van der Waals surface area contributed by atoms with Crippen LogP contribution in [-0.4, -0.2) is 36.4 Å². The van der Waals surface area contributed by atoms with Gasteiger partial charge in [-0.05, 0) is 38.5 Å². The highest BCUT2D eigenvalue weighted by Gasteiger charge is 2.21. The van der Waals surface area contributed by atoms with Crippen LogP contribution >= 0.6 is 0 Å². The third kappa shape index (κ3) is 15.4. The maximum atomic E-state index is 11.6. The van der Waals surface area contributed by atoms with Gasteiger partial charge in [0.05, 0.1) is 13.2 Å². The van der Waals surface area contributed by atoms with Gasteiger partial charge in [-0.15, -0.1) is 0 Å². The molecule has 0 heterocycles. The molecule has 5 heteroatoms. The Balaban J connectivity index is 3.90. The van der Waals surface area contributed by atoms with Gasteiger partial charge < -0.3 is 14.6 Å². The summed E-state index contributed by atoms with van der Waals surface area (Å²) in [5.41, 5.74) is 0. The molecule has 0 saturated heterocycles. The molecule has 0 rings (SSSR count). The molecule has 0 aliphatic heterocycles. The van der Waals surface area contributed by atoms with Crippen LogP contribution in [0.25, 0.3) is 0 Å². The van der Waals surface area contributed by atoms with Crippen molar-refractivity contribution in [3.8, 4) is 0 Å². The first-order chi connectivity index (χ1) is 13.0. The van der Waals surface area contributed by atoms with Crippen molar-refractivity contribution >= 4 is 11.9 Å². The largest absolute Gasteiger partial charge is 0.469 e. The van der Waals surface area contributed by atoms with E-state index in [0.29, 0.717) is 19.3 Å². The Morgan fingerprint density at radius 1 is 0.926 bits per heavy atom. The Labute approximate surface area is 165 Å². The second-order valence-electron chi connectivity index (χ2n) is 7.03. The summed E-state index contributed by atoms with van der Waals surface area (Å²) in [6.45, 7) is 3.90. The molecule has 0 aromatic heterocycles. The van der Waals surface area contributed by atoms with Crippen LogP contribution in [0.15, 0.2) is 12.2 Å². The predicted octanol–water partition coefficient (Wildman–Crippen LogP) is 5.10. The van der Waals surface area contributed by atoms with Crippen molar-refractivity contribution in [2.75, 3.05) is 7.11 Å². The van der Waals surface area contributed by atoms with E-state index in [0.717, 1.165) is 64.2 Å². The molecule has 0 fully saturated rings. The summed E-state index contributed by atoms with van der Waals surface area (Å²) >= 11 is 0. The lowest BCUT2D eigenvalue weighted by molar-refractivity contribution is -0.155. The van der Waals surface area contributed by atoms with Crippen molar-refractivity contribution in [3.63, 3.8) is 0 Å². The summed E-state index contributed by atoms with van der Waals surface area (Å²) in [5, 5.41) is 10.4. The van der Waals surface area contributed by atoms with E-state index in [4.69, 9.17) is 4.74 Å². The van der Waals surface area contributed by atoms with Gasteiger partial charge in [-0.1, -0.05) is 58.1 Å². The lowest BCUT2D eigenvalue weighted by atomic mass is 10.0. The van der Waals surface area contributed by atoms with Gasteiger partial charge in [0, 0.05) is 12.8 Å². The molecule has 0 spiro atoms. The predicted molar refractivity (Wildman–Crippen MR) is 108 cm³/mol. The van der Waals surface area contributed by atoms with Crippen molar-refractivity contribution in [2.45, 2.75) is 110 Å². The molecule has 1 N–H and O–H groups in total. The molecule has 27 heavy (non-hydrogen) atoms. The Morgan fingerprint density at radius 2 is 1.63 bits per heavy atom. The molecule has 0 amide bonds. The normalized spacial score (nSPS) is 13.5. The number of carbonyl (C=O) groups is 2. The number of hydrogen-bond donors (Lipinski definition) is 1. The average Bonchev–Trinajstić information content (AvgIpc) is 2.67. The molecule has 0 aromatic carbocycles. The van der Waals surface area contributed by atoms with E-state index in [1.165, 1.54) is 7.11 Å². The van der Waals surface area contributed by atoms with Crippen LogP contribution < -0.4 is 0 Å². The van der Waals surface area contributed by atoms with Crippen molar-refractivity contribution in [2.24, 2.45) is 0 Å². The fourth-order valence-electron chi connectivity index (χ4n) is 2.85. The maximum Gasteiger partial charge on any atom is 0.305 e. The van der Waals surface area contributed by atoms with Crippen molar-refractivity contribution in [1.82, 2.24) is 0 Å². The van der Waals surface area contributed by atoms with Crippen LogP contribution in [-0.2, 0) is 19.1 Å². The van der Waals surface area contributed by atoms with Gasteiger partial charge in [-0.25, -0.2) is 0 Å². The number of aliphatic hydroxyl groups excluding tert-OH is 1. The van der Waals surface area contributed by atoms with Crippen LogP contribution in [0.2, 0.25) is 0 Å². The van der Waals surface area contributed by atoms with E-state index in [9.17, 15) is 14.7 Å². The van der Waals surface area contributed by atoms with Crippen LogP contribution in [0.5, 0.6) is 0 Å². The van der Waals surface area contributed by atoms with E-state index < -0.39 is 12.2 Å². The molecular formula is C22H40O5. The zero-order chi connectivity index (χ0) is 20.3. The zero-order valence-corrected chi connectivity index (χ0v) is 17.6. The van der Waals surface area contributed by atoms with E-state index in [2.05, 4.69) is 17.7 Å². The number of methoxy groups -OCH3 is 1. The summed E-state index contributed by atoms with van der Waals surface area (Å²) < 4.78 is 10.0. The lowest BCUT2D eigenvalue weighted by Crippen LogP contribution is -2.31. The van der Waals surface area contributed by atoms with Crippen LogP contribution in [0.4, 0.5) is 0 Å². The molecule has 0 aromatic rings. The van der Waals surface area contributed by atoms with E-state index in [1.807, 2.05) is 6.08 Å². The Hall–Kier alpha value is -1.36. The fraction of sp³-hybridized carbons (Fsp3) is 0.818. The third-order valence-corrected chi connectivity index (χ3v) is 4.62. The average molecular weight is 385 g/mol. The molecule has 0 radical (unpaired) electrons. The summed E-state index contributed by atoms with van der Waals surface area (Å²) in [6.07, 6.45) is 14.6. The number of hydrogen-bond acceptors (Lipinski definition) is 5. The third-order valence-electron chi connectivity index (χ3n) is 4.62. The monoisotopic (exact) mass is 384 g/mol. The van der Waals surface area contributed by atoms with Crippen molar-refractivity contribution in [1.29, 1.82) is 0 Å². The van der Waals surface area contributed by atoms with Gasteiger partial charge in [0.2, 0.25) is 0 Å². The SMILES string of the molecule is CCCCCC(OC(=O)CC)C(O)CC=CCCCCCCCC(=O)OC. The van der Waals surface area contributed by atoms with Gasteiger partial charge in [0.25, 0.3) is 0 Å². The van der Waals surface area contributed by atoms with E-state index in [-0.39, 0.29) is 11.9 Å². The minimum atomic E-state index is -0.632. The van der Waals surface area contributed by atoms with Crippen molar-refractivity contribution < 1.29 is 24.2 Å². The number of allylic oxidation sites excluding steroid dienone is 1. The molecule has 2 atom stereocenters. The zero-order valence-electron chi connectivity index (χ0n) is 17.6. The van der Waals surface area contributed by atoms with Crippen LogP contribution in [0.3, 0.4) is 0 Å². The summed E-state index contributed by atoms with van der Waals surface area (Å²) in [5.74, 6) is -0.374. The Kier molecular flexibility index (Phi) is 17.1. The van der Waals surface area contributed by atoms with Crippen LogP contribution in [0, 0.1) is 0 Å². The van der Waals surface area contributed by atoms with Crippen molar-refractivity contribution in [3.05, 3.63) is 12.2 Å².